The molecule has 0 fully saturated rings. The Morgan fingerprint density at radius 3 is 1.09 bits per heavy atom. The standard InChI is InChI=1S/C22H47NO2.C18H34O2/c1-2-3-4-5-6-7-8-9-10-11-12-13-14-15-16-17-18-23(19-21-24)20-22-25;1-2-3-4-5-6-7-8-9-10-11-12-13-14-15-16-17-18(19)20/h24-25H,2-22H2,1H3;9-10H,2-8,11-17H2,1H3,(H,19,20)/b;10-9-. The Morgan fingerprint density at radius 1 is 0.444 bits per heavy atom. The number of unbranched alkanes of at least 4 members (excludes halogenated alkanes) is 26. The molecule has 0 atom stereocenters. The summed E-state index contributed by atoms with van der Waals surface area (Å²) in [4.78, 5) is 12.5. The van der Waals surface area contributed by atoms with Crippen molar-refractivity contribution < 1.29 is 20.1 Å². The number of carboxylic acids is 1. The first-order chi connectivity index (χ1) is 22.1. The molecule has 0 aromatic heterocycles. The van der Waals surface area contributed by atoms with Crippen molar-refractivity contribution in [3.63, 3.8) is 0 Å². The summed E-state index contributed by atoms with van der Waals surface area (Å²) < 4.78 is 0. The molecule has 0 rings (SSSR count). The number of hydrogen-bond acceptors (Lipinski definition) is 4. The van der Waals surface area contributed by atoms with E-state index in [1.807, 2.05) is 0 Å². The number of nitrogens with zero attached hydrogens (tertiary/aromatic N) is 1. The highest BCUT2D eigenvalue weighted by Crippen LogP contribution is 2.14. The van der Waals surface area contributed by atoms with Crippen LogP contribution < -0.4 is 0 Å². The fourth-order valence-electron chi connectivity index (χ4n) is 5.85. The number of aliphatic hydroxyl groups excluding tert-OH is 2. The first-order valence-electron chi connectivity index (χ1n) is 19.9. The van der Waals surface area contributed by atoms with Crippen molar-refractivity contribution in [3.05, 3.63) is 12.2 Å². The summed E-state index contributed by atoms with van der Waals surface area (Å²) in [6, 6.07) is 0. The lowest BCUT2D eigenvalue weighted by molar-refractivity contribution is -0.137. The third-order valence-corrected chi connectivity index (χ3v) is 8.81. The molecule has 3 N–H and O–H groups in total. The van der Waals surface area contributed by atoms with Crippen LogP contribution in [0, 0.1) is 0 Å². The van der Waals surface area contributed by atoms with E-state index in [1.54, 1.807) is 0 Å². The first kappa shape index (κ1) is 46.2. The number of carbonyl (C=O) groups is 1. The Hall–Kier alpha value is -0.910. The van der Waals surface area contributed by atoms with E-state index >= 15 is 0 Å². The molecule has 0 unspecified atom stereocenters. The van der Waals surface area contributed by atoms with Crippen molar-refractivity contribution in [2.75, 3.05) is 32.8 Å². The zero-order valence-electron chi connectivity index (χ0n) is 30.6. The molecule has 0 amide bonds. The summed E-state index contributed by atoms with van der Waals surface area (Å²) in [7, 11) is 0. The minimum absolute atomic E-state index is 0.193. The van der Waals surface area contributed by atoms with Gasteiger partial charge in [-0.05, 0) is 45.1 Å². The second-order valence-electron chi connectivity index (χ2n) is 13.3. The van der Waals surface area contributed by atoms with Crippen LogP contribution in [0.15, 0.2) is 12.2 Å². The second-order valence-corrected chi connectivity index (χ2v) is 13.3. The van der Waals surface area contributed by atoms with Gasteiger partial charge in [0, 0.05) is 19.5 Å². The molecule has 0 aromatic carbocycles. The predicted molar refractivity (Wildman–Crippen MR) is 197 cm³/mol. The normalized spacial score (nSPS) is 11.4. The van der Waals surface area contributed by atoms with E-state index in [9.17, 15) is 4.79 Å². The molecule has 0 saturated heterocycles. The maximum absolute atomic E-state index is 10.3. The van der Waals surface area contributed by atoms with E-state index in [2.05, 4.69) is 30.9 Å². The maximum atomic E-state index is 10.3. The Labute approximate surface area is 282 Å². The molecule has 0 saturated carbocycles. The molecule has 5 nitrogen and oxygen atoms in total. The number of hydrogen-bond donors (Lipinski definition) is 3. The highest BCUT2D eigenvalue weighted by Gasteiger charge is 2.02. The van der Waals surface area contributed by atoms with Gasteiger partial charge in [-0.2, -0.15) is 0 Å². The lowest BCUT2D eigenvalue weighted by atomic mass is 10.0. The molecule has 45 heavy (non-hydrogen) atoms. The molecule has 0 heterocycles. The molecular weight excluding hydrogens is 558 g/mol. The Bertz CT molecular complexity index is 562. The lowest BCUT2D eigenvalue weighted by Crippen LogP contribution is -2.30. The van der Waals surface area contributed by atoms with Crippen LogP contribution in [0.1, 0.15) is 206 Å². The van der Waals surface area contributed by atoms with Gasteiger partial charge >= 0.3 is 5.97 Å². The zero-order valence-corrected chi connectivity index (χ0v) is 30.6. The minimum Gasteiger partial charge on any atom is -0.481 e. The van der Waals surface area contributed by atoms with Crippen LogP contribution in [-0.4, -0.2) is 59.0 Å². The Kier molecular flexibility index (Phi) is 44.2. The van der Waals surface area contributed by atoms with Crippen molar-refractivity contribution in [3.8, 4) is 0 Å². The fourth-order valence-corrected chi connectivity index (χ4v) is 5.85. The van der Waals surface area contributed by atoms with Gasteiger partial charge in [0.15, 0.2) is 0 Å². The number of allylic oxidation sites excluding steroid dienone is 2. The van der Waals surface area contributed by atoms with Crippen LogP contribution in [-0.2, 0) is 4.79 Å². The average Bonchev–Trinajstić information content (AvgIpc) is 3.03. The summed E-state index contributed by atoms with van der Waals surface area (Å²) in [5.41, 5.74) is 0. The number of rotatable bonds is 36. The third-order valence-electron chi connectivity index (χ3n) is 8.81. The topological polar surface area (TPSA) is 81.0 Å². The molecule has 0 aromatic rings. The zero-order chi connectivity index (χ0) is 33.3. The lowest BCUT2D eigenvalue weighted by Gasteiger charge is -2.19. The smallest absolute Gasteiger partial charge is 0.303 e. The highest BCUT2D eigenvalue weighted by atomic mass is 16.4. The van der Waals surface area contributed by atoms with Crippen LogP contribution in [0.3, 0.4) is 0 Å². The SMILES string of the molecule is CCCCCCCC/C=C\CCCCCCCC(=O)O.CCCCCCCCCCCCCCCCCCN(CCO)CCO. The molecular formula is C40H81NO4. The third kappa shape index (κ3) is 45.3. The van der Waals surface area contributed by atoms with Crippen molar-refractivity contribution >= 4 is 5.97 Å². The molecule has 0 radical (unpaired) electrons. The Morgan fingerprint density at radius 2 is 0.756 bits per heavy atom. The molecule has 5 heteroatoms. The van der Waals surface area contributed by atoms with E-state index in [-0.39, 0.29) is 13.2 Å². The van der Waals surface area contributed by atoms with Crippen molar-refractivity contribution in [2.45, 2.75) is 206 Å². The van der Waals surface area contributed by atoms with Crippen molar-refractivity contribution in [2.24, 2.45) is 0 Å². The minimum atomic E-state index is -0.664. The van der Waals surface area contributed by atoms with Crippen LogP contribution in [0.5, 0.6) is 0 Å². The van der Waals surface area contributed by atoms with Crippen LogP contribution in [0.25, 0.3) is 0 Å². The van der Waals surface area contributed by atoms with Crippen molar-refractivity contribution in [1.29, 1.82) is 0 Å². The molecule has 0 bridgehead atoms. The van der Waals surface area contributed by atoms with E-state index in [0.717, 1.165) is 19.4 Å². The highest BCUT2D eigenvalue weighted by molar-refractivity contribution is 5.66. The van der Waals surface area contributed by atoms with Crippen LogP contribution in [0.4, 0.5) is 0 Å². The second kappa shape index (κ2) is 43.1. The van der Waals surface area contributed by atoms with Gasteiger partial charge in [0.25, 0.3) is 0 Å². The van der Waals surface area contributed by atoms with Gasteiger partial charge in [0.05, 0.1) is 13.2 Å². The van der Waals surface area contributed by atoms with Crippen molar-refractivity contribution in [1.82, 2.24) is 4.90 Å². The van der Waals surface area contributed by atoms with Gasteiger partial charge in [-0.3, -0.25) is 9.69 Å². The molecule has 0 aliphatic heterocycles. The fraction of sp³-hybridized carbons (Fsp3) is 0.925. The number of aliphatic carboxylic acids is 1. The van der Waals surface area contributed by atoms with Gasteiger partial charge < -0.3 is 15.3 Å². The summed E-state index contributed by atoms with van der Waals surface area (Å²) in [5.74, 6) is -0.664. The summed E-state index contributed by atoms with van der Waals surface area (Å²) >= 11 is 0. The quantitative estimate of drug-likeness (QED) is 0.0469. The predicted octanol–water partition coefficient (Wildman–Crippen LogP) is 11.6. The van der Waals surface area contributed by atoms with Gasteiger partial charge in [-0.25, -0.2) is 0 Å². The monoisotopic (exact) mass is 640 g/mol. The average molecular weight is 640 g/mol. The summed E-state index contributed by atoms with van der Waals surface area (Å²) in [5, 5.41) is 26.5. The number of carboxylic acid groups (broad SMARTS) is 1. The van der Waals surface area contributed by atoms with E-state index < -0.39 is 5.97 Å². The van der Waals surface area contributed by atoms with Crippen LogP contribution >= 0.6 is 0 Å². The van der Waals surface area contributed by atoms with Gasteiger partial charge in [0.2, 0.25) is 0 Å². The number of aliphatic hydroxyl groups is 2. The van der Waals surface area contributed by atoms with Crippen LogP contribution in [0.2, 0.25) is 0 Å². The maximum Gasteiger partial charge on any atom is 0.303 e. The summed E-state index contributed by atoms with van der Waals surface area (Å²) in [6.45, 7) is 7.33. The molecule has 0 aliphatic rings. The molecule has 0 spiro atoms. The van der Waals surface area contributed by atoms with E-state index in [4.69, 9.17) is 15.3 Å². The largest absolute Gasteiger partial charge is 0.481 e. The van der Waals surface area contributed by atoms with E-state index in [0.29, 0.717) is 19.5 Å². The molecule has 0 aliphatic carbocycles. The Balaban J connectivity index is 0. The van der Waals surface area contributed by atoms with Gasteiger partial charge in [-0.1, -0.05) is 174 Å². The first-order valence-corrected chi connectivity index (χ1v) is 19.9. The van der Waals surface area contributed by atoms with Gasteiger partial charge in [-0.15, -0.1) is 0 Å². The van der Waals surface area contributed by atoms with Gasteiger partial charge in [0.1, 0.15) is 0 Å². The van der Waals surface area contributed by atoms with E-state index in [1.165, 1.54) is 173 Å². The summed E-state index contributed by atoms with van der Waals surface area (Å²) in [6.07, 6.45) is 43.6. The molecule has 270 valence electrons.